The van der Waals surface area contributed by atoms with Crippen molar-refractivity contribution in [1.82, 2.24) is 9.97 Å². The molecule has 0 saturated carbocycles. The molecule has 1 N–H and O–H groups in total. The maximum atomic E-state index is 10.5. The first kappa shape index (κ1) is 8.88. The predicted octanol–water partition coefficient (Wildman–Crippen LogP) is 0.441. The average molecular weight is 180 g/mol. The molecule has 0 atom stereocenters. The summed E-state index contributed by atoms with van der Waals surface area (Å²) < 4.78 is 0. The molecule has 0 amide bonds. The van der Waals surface area contributed by atoms with Gasteiger partial charge in [0.2, 0.25) is 0 Å². The Bertz CT molecular complexity index is 341. The van der Waals surface area contributed by atoms with Crippen molar-refractivity contribution < 1.29 is 0 Å². The van der Waals surface area contributed by atoms with E-state index in [-0.39, 0.29) is 5.69 Å². The number of nitrogens with one attached hydrogen (secondary N) is 1. The van der Waals surface area contributed by atoms with Gasteiger partial charge in [0.1, 0.15) is 0 Å². The molecule has 0 aromatic carbocycles. The van der Waals surface area contributed by atoms with Crippen LogP contribution in [0.25, 0.3) is 0 Å². The summed E-state index contributed by atoms with van der Waals surface area (Å²) in [6.07, 6.45) is 3.73. The first-order valence-electron chi connectivity index (χ1n) is 3.47. The molecule has 12 heavy (non-hydrogen) atoms. The fourth-order valence-corrected chi connectivity index (χ4v) is 0.743. The van der Waals surface area contributed by atoms with Crippen molar-refractivity contribution in [3.05, 3.63) is 28.4 Å². The van der Waals surface area contributed by atoms with Crippen LogP contribution in [-0.4, -0.2) is 15.7 Å². The average Bonchev–Trinajstić information content (AvgIpc) is 2.09. The zero-order valence-corrected chi connectivity index (χ0v) is 7.27. The smallest absolute Gasteiger partial charge is 0.311 e. The zero-order valence-electron chi connectivity index (χ0n) is 6.37. The number of nitrogens with zero attached hydrogens (tertiary/aromatic N) is 1. The van der Waals surface area contributed by atoms with Gasteiger partial charge in [-0.2, -0.15) is 12.6 Å². The first-order valence-corrected chi connectivity index (χ1v) is 4.10. The van der Waals surface area contributed by atoms with Gasteiger partial charge in [-0.3, -0.25) is 0 Å². The monoisotopic (exact) mass is 180 g/mol. The lowest BCUT2D eigenvalue weighted by atomic mass is 10.3. The van der Waals surface area contributed by atoms with E-state index >= 15 is 0 Å². The van der Waals surface area contributed by atoms with Crippen molar-refractivity contribution in [3.8, 4) is 11.8 Å². The molecule has 1 aromatic rings. The highest BCUT2D eigenvalue weighted by Crippen LogP contribution is 1.87. The molecule has 3 nitrogen and oxygen atoms in total. The Kier molecular flexibility index (Phi) is 3.42. The molecule has 0 aliphatic rings. The van der Waals surface area contributed by atoms with Gasteiger partial charge in [0.05, 0.1) is 5.56 Å². The molecule has 1 aromatic heterocycles. The summed E-state index contributed by atoms with van der Waals surface area (Å²) >= 11 is 4.01. The van der Waals surface area contributed by atoms with Crippen LogP contribution in [0.1, 0.15) is 12.0 Å². The minimum absolute atomic E-state index is 0.352. The van der Waals surface area contributed by atoms with Crippen molar-refractivity contribution >= 4 is 12.6 Å². The lowest BCUT2D eigenvalue weighted by Crippen LogP contribution is -2.07. The van der Waals surface area contributed by atoms with Gasteiger partial charge in [-0.05, 0) is 0 Å². The Morgan fingerprint density at radius 2 is 2.50 bits per heavy atom. The maximum Gasteiger partial charge on any atom is 0.344 e. The number of H-pyrrole nitrogens is 1. The van der Waals surface area contributed by atoms with Crippen LogP contribution in [0.5, 0.6) is 0 Å². The van der Waals surface area contributed by atoms with Crippen molar-refractivity contribution in [2.45, 2.75) is 6.42 Å². The SMILES string of the molecule is O=c1ncc(C#CCCS)c[nH]1. The second-order valence-corrected chi connectivity index (χ2v) is 2.53. The topological polar surface area (TPSA) is 45.8 Å². The molecule has 1 rings (SSSR count). The van der Waals surface area contributed by atoms with Crippen LogP contribution in [0, 0.1) is 11.8 Å². The van der Waals surface area contributed by atoms with E-state index in [2.05, 4.69) is 34.4 Å². The summed E-state index contributed by atoms with van der Waals surface area (Å²) in [6, 6.07) is 0. The van der Waals surface area contributed by atoms with Crippen molar-refractivity contribution in [3.63, 3.8) is 0 Å². The van der Waals surface area contributed by atoms with Gasteiger partial charge in [-0.15, -0.1) is 0 Å². The highest BCUT2D eigenvalue weighted by Gasteiger charge is 1.85. The molecule has 0 unspecified atom stereocenters. The fourth-order valence-electron chi connectivity index (χ4n) is 0.631. The number of hydrogen-bond acceptors (Lipinski definition) is 3. The fraction of sp³-hybridized carbons (Fsp3) is 0.250. The molecule has 0 aliphatic carbocycles. The van der Waals surface area contributed by atoms with Crippen molar-refractivity contribution in [1.29, 1.82) is 0 Å². The Hall–Kier alpha value is -1.21. The van der Waals surface area contributed by atoms with E-state index in [4.69, 9.17) is 0 Å². The molecule has 0 fully saturated rings. The van der Waals surface area contributed by atoms with Crippen molar-refractivity contribution in [2.75, 3.05) is 5.75 Å². The van der Waals surface area contributed by atoms with Gasteiger partial charge in [-0.1, -0.05) is 11.8 Å². The lowest BCUT2D eigenvalue weighted by molar-refractivity contribution is 1.07. The summed E-state index contributed by atoms with van der Waals surface area (Å²) in [4.78, 5) is 16.5. The normalized spacial score (nSPS) is 8.75. The second kappa shape index (κ2) is 4.62. The Morgan fingerprint density at radius 1 is 1.67 bits per heavy atom. The Morgan fingerprint density at radius 3 is 3.08 bits per heavy atom. The molecular formula is C8H8N2OS. The summed E-state index contributed by atoms with van der Waals surface area (Å²) in [5, 5.41) is 0. The molecule has 0 spiro atoms. The molecule has 0 aliphatic heterocycles. The van der Waals surface area contributed by atoms with Crippen LogP contribution in [-0.2, 0) is 0 Å². The van der Waals surface area contributed by atoms with Gasteiger partial charge in [0, 0.05) is 24.6 Å². The Labute approximate surface area is 75.6 Å². The van der Waals surface area contributed by atoms with Crippen LogP contribution >= 0.6 is 12.6 Å². The van der Waals surface area contributed by atoms with E-state index in [0.717, 1.165) is 17.7 Å². The molecule has 1 heterocycles. The van der Waals surface area contributed by atoms with E-state index < -0.39 is 0 Å². The number of rotatable bonds is 1. The molecule has 0 bridgehead atoms. The van der Waals surface area contributed by atoms with E-state index in [9.17, 15) is 4.79 Å². The number of thiol groups is 1. The van der Waals surface area contributed by atoms with Crippen LogP contribution in [0.15, 0.2) is 17.2 Å². The third kappa shape index (κ3) is 2.81. The summed E-state index contributed by atoms with van der Waals surface area (Å²) in [5.41, 5.74) is 0.367. The van der Waals surface area contributed by atoms with E-state index in [0.29, 0.717) is 0 Å². The highest BCUT2D eigenvalue weighted by molar-refractivity contribution is 7.80. The minimum Gasteiger partial charge on any atom is -0.311 e. The lowest BCUT2D eigenvalue weighted by Gasteiger charge is -1.85. The molecule has 0 saturated heterocycles. The molecule has 0 radical (unpaired) electrons. The van der Waals surface area contributed by atoms with E-state index in [1.807, 2.05) is 0 Å². The Balaban J connectivity index is 2.72. The van der Waals surface area contributed by atoms with Crippen LogP contribution in [0.4, 0.5) is 0 Å². The van der Waals surface area contributed by atoms with E-state index in [1.54, 1.807) is 6.20 Å². The van der Waals surface area contributed by atoms with E-state index in [1.165, 1.54) is 6.20 Å². The minimum atomic E-state index is -0.352. The maximum absolute atomic E-state index is 10.5. The van der Waals surface area contributed by atoms with Gasteiger partial charge in [-0.25, -0.2) is 9.78 Å². The van der Waals surface area contributed by atoms with Gasteiger partial charge in [0.15, 0.2) is 0 Å². The predicted molar refractivity (Wildman–Crippen MR) is 50.2 cm³/mol. The quantitative estimate of drug-likeness (QED) is 0.486. The molecule has 62 valence electrons. The summed E-state index contributed by atoms with van der Waals surface area (Å²) in [7, 11) is 0. The number of aromatic amines is 1. The highest BCUT2D eigenvalue weighted by atomic mass is 32.1. The van der Waals surface area contributed by atoms with Gasteiger partial charge in [0.25, 0.3) is 0 Å². The number of hydrogen-bond donors (Lipinski definition) is 2. The largest absolute Gasteiger partial charge is 0.344 e. The van der Waals surface area contributed by atoms with Gasteiger partial charge < -0.3 is 4.98 Å². The molecule has 4 heteroatoms. The van der Waals surface area contributed by atoms with Crippen LogP contribution < -0.4 is 5.69 Å². The van der Waals surface area contributed by atoms with Crippen molar-refractivity contribution in [2.24, 2.45) is 0 Å². The third-order valence-corrected chi connectivity index (χ3v) is 1.37. The van der Waals surface area contributed by atoms with Gasteiger partial charge >= 0.3 is 5.69 Å². The van der Waals surface area contributed by atoms with Crippen LogP contribution in [0.2, 0.25) is 0 Å². The summed E-state index contributed by atoms with van der Waals surface area (Å²) in [6.45, 7) is 0. The van der Waals surface area contributed by atoms with Crippen LogP contribution in [0.3, 0.4) is 0 Å². The zero-order chi connectivity index (χ0) is 8.81. The molecular weight excluding hydrogens is 172 g/mol. The number of aromatic nitrogens is 2. The summed E-state index contributed by atoms with van der Waals surface area (Å²) in [5.74, 6) is 6.46. The first-order chi connectivity index (χ1) is 5.83. The third-order valence-electron chi connectivity index (χ3n) is 1.14. The second-order valence-electron chi connectivity index (χ2n) is 2.08. The standard InChI is InChI=1S/C8H8N2OS/c11-8-9-5-7(6-10-8)3-1-2-4-12/h5-6,12H,2,4H2,(H,9,10,11).